The van der Waals surface area contributed by atoms with E-state index in [1.807, 2.05) is 26.0 Å². The molecule has 28 heavy (non-hydrogen) atoms. The second-order valence-corrected chi connectivity index (χ2v) is 8.17. The third-order valence-electron chi connectivity index (χ3n) is 5.41. The normalized spacial score (nSPS) is 16.8. The summed E-state index contributed by atoms with van der Waals surface area (Å²) in [5.41, 5.74) is 3.21. The third kappa shape index (κ3) is 6.60. The molecule has 1 aliphatic heterocycles. The molecule has 0 saturated carbocycles. The fourth-order valence-electron chi connectivity index (χ4n) is 3.46. The van der Waals surface area contributed by atoms with E-state index in [0.717, 1.165) is 43.9 Å². The maximum atomic E-state index is 12.6. The molecular weight excluding hydrogens is 352 g/mol. The van der Waals surface area contributed by atoms with Gasteiger partial charge in [0.15, 0.2) is 0 Å². The topological polar surface area (TPSA) is 64.7 Å². The van der Waals surface area contributed by atoms with Crippen LogP contribution in [0, 0.1) is 6.92 Å². The number of piperazine rings is 1. The van der Waals surface area contributed by atoms with E-state index in [2.05, 4.69) is 47.3 Å². The van der Waals surface area contributed by atoms with Crippen molar-refractivity contribution in [2.75, 3.05) is 44.6 Å². The Hall–Kier alpha value is -1.92. The lowest BCUT2D eigenvalue weighted by atomic mass is 9.98. The summed E-state index contributed by atoms with van der Waals surface area (Å²) in [6.45, 7) is 14.4. The number of rotatable bonds is 8. The van der Waals surface area contributed by atoms with Crippen molar-refractivity contribution in [3.05, 3.63) is 29.3 Å². The summed E-state index contributed by atoms with van der Waals surface area (Å²) in [4.78, 5) is 28.9. The van der Waals surface area contributed by atoms with E-state index < -0.39 is 0 Å². The molecule has 0 aliphatic carbocycles. The lowest BCUT2D eigenvalue weighted by Gasteiger charge is -2.34. The van der Waals surface area contributed by atoms with Crippen molar-refractivity contribution < 1.29 is 9.59 Å². The number of hydrogen-bond acceptors (Lipinski definition) is 4. The summed E-state index contributed by atoms with van der Waals surface area (Å²) in [7, 11) is 0. The molecule has 6 heteroatoms. The van der Waals surface area contributed by atoms with Gasteiger partial charge >= 0.3 is 0 Å². The minimum atomic E-state index is 0.0270. The first-order valence-corrected chi connectivity index (χ1v) is 10.4. The summed E-state index contributed by atoms with van der Waals surface area (Å²) in [5.74, 6) is 0.473. The number of benzene rings is 1. The van der Waals surface area contributed by atoms with Gasteiger partial charge in [-0.1, -0.05) is 39.0 Å². The van der Waals surface area contributed by atoms with Gasteiger partial charge in [-0.25, -0.2) is 0 Å². The Morgan fingerprint density at radius 3 is 2.11 bits per heavy atom. The summed E-state index contributed by atoms with van der Waals surface area (Å²) in [5, 5.41) is 6.13. The first kappa shape index (κ1) is 22.4. The van der Waals surface area contributed by atoms with Gasteiger partial charge in [0, 0.05) is 37.9 Å². The average Bonchev–Trinajstić information content (AvgIpc) is 2.64. The largest absolute Gasteiger partial charge is 0.353 e. The predicted molar refractivity (Wildman–Crippen MR) is 115 cm³/mol. The minimum Gasteiger partial charge on any atom is -0.353 e. The summed E-state index contributed by atoms with van der Waals surface area (Å²) in [6, 6.07) is 6.37. The molecular formula is C22H36N4O2. The smallest absolute Gasteiger partial charge is 0.238 e. The quantitative estimate of drug-likeness (QED) is 0.718. The Morgan fingerprint density at radius 2 is 1.57 bits per heavy atom. The second-order valence-electron chi connectivity index (χ2n) is 8.17. The number of hydrogen-bond donors (Lipinski definition) is 2. The minimum absolute atomic E-state index is 0.0270. The molecule has 2 rings (SSSR count). The van der Waals surface area contributed by atoms with Gasteiger partial charge < -0.3 is 10.6 Å². The van der Waals surface area contributed by atoms with Crippen LogP contribution in [0.15, 0.2) is 18.2 Å². The van der Waals surface area contributed by atoms with E-state index in [1.165, 1.54) is 5.56 Å². The zero-order valence-electron chi connectivity index (χ0n) is 18.0. The number of nitrogens with one attached hydrogen (secondary N) is 2. The molecule has 6 nitrogen and oxygen atoms in total. The molecule has 0 spiro atoms. The van der Waals surface area contributed by atoms with Gasteiger partial charge in [-0.15, -0.1) is 0 Å². The van der Waals surface area contributed by atoms with Crippen LogP contribution in [0.2, 0.25) is 0 Å². The lowest BCUT2D eigenvalue weighted by molar-refractivity contribution is -0.124. The lowest BCUT2D eigenvalue weighted by Crippen LogP contribution is -2.51. The zero-order chi connectivity index (χ0) is 20.7. The highest BCUT2D eigenvalue weighted by molar-refractivity contribution is 5.94. The van der Waals surface area contributed by atoms with Crippen molar-refractivity contribution in [1.82, 2.24) is 15.1 Å². The maximum absolute atomic E-state index is 12.6. The van der Waals surface area contributed by atoms with Crippen LogP contribution in [0.25, 0.3) is 0 Å². The molecule has 0 radical (unpaired) electrons. The molecule has 1 atom stereocenters. The number of aryl methyl sites for hydroxylation is 1. The Balaban J connectivity index is 1.81. The Bertz CT molecular complexity index is 667. The highest BCUT2D eigenvalue weighted by atomic mass is 16.2. The standard InChI is InChI=1S/C22H36N4O2/c1-6-18(5)23-20(27)14-25-10-12-26(13-11-25)15-21(28)24-22-17(4)8-7-9-19(22)16(2)3/h7-9,16,18H,6,10-15H2,1-5H3,(H,23,27)(H,24,28). The predicted octanol–water partition coefficient (Wildman–Crippen LogP) is 2.59. The van der Waals surface area contributed by atoms with Gasteiger partial charge in [-0.3, -0.25) is 19.4 Å². The first-order chi connectivity index (χ1) is 13.3. The molecule has 0 bridgehead atoms. The fraction of sp³-hybridized carbons (Fsp3) is 0.636. The SMILES string of the molecule is CCC(C)NC(=O)CN1CCN(CC(=O)Nc2c(C)cccc2C(C)C)CC1. The molecule has 1 heterocycles. The summed E-state index contributed by atoms with van der Waals surface area (Å²) in [6.07, 6.45) is 0.939. The number of carbonyl (C=O) groups excluding carboxylic acids is 2. The van der Waals surface area contributed by atoms with Gasteiger partial charge in [0.05, 0.1) is 13.1 Å². The van der Waals surface area contributed by atoms with Crippen LogP contribution in [0.5, 0.6) is 0 Å². The average molecular weight is 389 g/mol. The van der Waals surface area contributed by atoms with Crippen molar-refractivity contribution in [2.24, 2.45) is 0 Å². The Morgan fingerprint density at radius 1 is 1.00 bits per heavy atom. The summed E-state index contributed by atoms with van der Waals surface area (Å²) >= 11 is 0. The molecule has 156 valence electrons. The molecule has 1 aromatic carbocycles. The molecule has 2 N–H and O–H groups in total. The van der Waals surface area contributed by atoms with Crippen LogP contribution < -0.4 is 10.6 Å². The number of amides is 2. The number of anilines is 1. The van der Waals surface area contributed by atoms with Gasteiger partial charge in [0.25, 0.3) is 0 Å². The van der Waals surface area contributed by atoms with E-state index in [0.29, 0.717) is 19.0 Å². The molecule has 1 aromatic rings. The van der Waals surface area contributed by atoms with Crippen LogP contribution in [0.3, 0.4) is 0 Å². The maximum Gasteiger partial charge on any atom is 0.238 e. The van der Waals surface area contributed by atoms with Crippen LogP contribution in [-0.2, 0) is 9.59 Å². The van der Waals surface area contributed by atoms with Gasteiger partial charge in [-0.2, -0.15) is 0 Å². The van der Waals surface area contributed by atoms with E-state index in [1.54, 1.807) is 0 Å². The van der Waals surface area contributed by atoms with Crippen LogP contribution in [-0.4, -0.2) is 66.9 Å². The third-order valence-corrected chi connectivity index (χ3v) is 5.41. The van der Waals surface area contributed by atoms with Crippen LogP contribution >= 0.6 is 0 Å². The van der Waals surface area contributed by atoms with Crippen molar-refractivity contribution >= 4 is 17.5 Å². The van der Waals surface area contributed by atoms with Gasteiger partial charge in [0.2, 0.25) is 11.8 Å². The zero-order valence-corrected chi connectivity index (χ0v) is 18.0. The second kappa shape index (κ2) is 10.6. The Kier molecular flexibility index (Phi) is 8.45. The van der Waals surface area contributed by atoms with Crippen LogP contribution in [0.4, 0.5) is 5.69 Å². The first-order valence-electron chi connectivity index (χ1n) is 10.4. The van der Waals surface area contributed by atoms with Crippen molar-refractivity contribution in [2.45, 2.75) is 53.0 Å². The van der Waals surface area contributed by atoms with Crippen LogP contribution in [0.1, 0.15) is 51.2 Å². The molecule has 2 amide bonds. The van der Waals surface area contributed by atoms with Gasteiger partial charge in [0.1, 0.15) is 0 Å². The molecule has 0 aromatic heterocycles. The number of para-hydroxylation sites is 1. The van der Waals surface area contributed by atoms with Crippen molar-refractivity contribution in [3.8, 4) is 0 Å². The van der Waals surface area contributed by atoms with Gasteiger partial charge in [-0.05, 0) is 37.3 Å². The molecule has 1 fully saturated rings. The van der Waals surface area contributed by atoms with E-state index in [-0.39, 0.29) is 17.9 Å². The number of carbonyl (C=O) groups is 2. The summed E-state index contributed by atoms with van der Waals surface area (Å²) < 4.78 is 0. The van der Waals surface area contributed by atoms with E-state index in [4.69, 9.17) is 0 Å². The highest BCUT2D eigenvalue weighted by Crippen LogP contribution is 2.27. The monoisotopic (exact) mass is 388 g/mol. The van der Waals surface area contributed by atoms with Crippen molar-refractivity contribution in [3.63, 3.8) is 0 Å². The highest BCUT2D eigenvalue weighted by Gasteiger charge is 2.21. The van der Waals surface area contributed by atoms with Crippen molar-refractivity contribution in [1.29, 1.82) is 0 Å². The fourth-order valence-corrected chi connectivity index (χ4v) is 3.46. The van der Waals surface area contributed by atoms with E-state index >= 15 is 0 Å². The molecule has 1 aliphatic rings. The Labute approximate surface area is 169 Å². The van der Waals surface area contributed by atoms with E-state index in [9.17, 15) is 9.59 Å². The molecule has 1 saturated heterocycles. The molecule has 1 unspecified atom stereocenters. The number of nitrogens with zero attached hydrogens (tertiary/aromatic N) is 2.